The van der Waals surface area contributed by atoms with Crippen molar-refractivity contribution in [3.8, 4) is 22.9 Å². The predicted molar refractivity (Wildman–Crippen MR) is 125 cm³/mol. The summed E-state index contributed by atoms with van der Waals surface area (Å²) in [5.74, 6) is 2.29. The van der Waals surface area contributed by atoms with Gasteiger partial charge in [0, 0.05) is 21.9 Å². The molecule has 0 fully saturated rings. The van der Waals surface area contributed by atoms with Gasteiger partial charge in [-0.1, -0.05) is 29.1 Å². The lowest BCUT2D eigenvalue weighted by Crippen LogP contribution is -2.30. The van der Waals surface area contributed by atoms with E-state index in [1.165, 1.54) is 0 Å². The number of methoxy groups -OCH3 is 1. The fourth-order valence-corrected chi connectivity index (χ4v) is 4.74. The van der Waals surface area contributed by atoms with E-state index in [0.717, 1.165) is 26.8 Å². The zero-order valence-electron chi connectivity index (χ0n) is 18.1. The van der Waals surface area contributed by atoms with Gasteiger partial charge in [-0.2, -0.15) is 4.98 Å². The molecule has 0 saturated carbocycles. The second-order valence-corrected chi connectivity index (χ2v) is 8.39. The molecular weight excluding hydrogens is 438 g/mol. The van der Waals surface area contributed by atoms with E-state index in [0.29, 0.717) is 29.6 Å². The van der Waals surface area contributed by atoms with Crippen LogP contribution in [-0.4, -0.2) is 29.7 Å². The molecule has 33 heavy (non-hydrogen) atoms. The molecule has 0 aliphatic carbocycles. The molecule has 1 aliphatic rings. The van der Waals surface area contributed by atoms with Crippen LogP contribution in [0, 0.1) is 0 Å². The third kappa shape index (κ3) is 4.17. The number of hydrogen-bond acceptors (Lipinski definition) is 7. The van der Waals surface area contributed by atoms with Crippen molar-refractivity contribution in [3.63, 3.8) is 0 Å². The van der Waals surface area contributed by atoms with E-state index in [1.807, 2.05) is 73.7 Å². The number of rotatable bonds is 6. The quantitative estimate of drug-likeness (QED) is 0.379. The number of aromatic nitrogens is 2. The predicted octanol–water partition coefficient (Wildman–Crippen LogP) is 5.46. The van der Waals surface area contributed by atoms with Gasteiger partial charge in [0.05, 0.1) is 18.4 Å². The van der Waals surface area contributed by atoms with Gasteiger partial charge < -0.3 is 18.9 Å². The fraction of sp³-hybridized carbons (Fsp3) is 0.160. The molecule has 7 nitrogen and oxygen atoms in total. The van der Waals surface area contributed by atoms with Crippen LogP contribution in [0.4, 0.5) is 5.69 Å². The smallest absolute Gasteiger partial charge is 0.264 e. The van der Waals surface area contributed by atoms with E-state index in [4.69, 9.17) is 14.0 Å². The van der Waals surface area contributed by atoms with Crippen LogP contribution in [-0.2, 0) is 6.61 Å². The maximum absolute atomic E-state index is 13.1. The number of carbonyl (C=O) groups is 1. The van der Waals surface area contributed by atoms with Gasteiger partial charge in [-0.15, -0.1) is 0 Å². The molecular formula is C25H21N3O4S. The molecule has 0 bridgehead atoms. The second-order valence-electron chi connectivity index (χ2n) is 7.31. The summed E-state index contributed by atoms with van der Waals surface area (Å²) >= 11 is 1.57. The molecule has 4 aromatic rings. The van der Waals surface area contributed by atoms with Crippen molar-refractivity contribution in [1.82, 2.24) is 10.1 Å². The molecule has 1 aliphatic heterocycles. The van der Waals surface area contributed by atoms with Crippen LogP contribution in [0.3, 0.4) is 0 Å². The first kappa shape index (κ1) is 21.1. The number of amides is 1. The van der Waals surface area contributed by atoms with E-state index >= 15 is 0 Å². The summed E-state index contributed by atoms with van der Waals surface area (Å²) in [7, 11) is 1.62. The Kier molecular flexibility index (Phi) is 5.75. The first-order valence-corrected chi connectivity index (χ1v) is 11.3. The first-order valence-electron chi connectivity index (χ1n) is 10.5. The number of benzene rings is 3. The van der Waals surface area contributed by atoms with Gasteiger partial charge in [-0.05, 0) is 61.5 Å². The Hall–Kier alpha value is -3.78. The van der Waals surface area contributed by atoms with Crippen LogP contribution in [0.25, 0.3) is 11.4 Å². The topological polar surface area (TPSA) is 77.7 Å². The number of nitrogens with zero attached hydrogens (tertiary/aromatic N) is 3. The summed E-state index contributed by atoms with van der Waals surface area (Å²) in [6.07, 6.45) is 0. The van der Waals surface area contributed by atoms with Crippen LogP contribution >= 0.6 is 11.8 Å². The normalized spacial score (nSPS) is 12.7. The van der Waals surface area contributed by atoms with Crippen LogP contribution in [0.2, 0.25) is 0 Å². The van der Waals surface area contributed by atoms with Gasteiger partial charge in [0.1, 0.15) is 11.5 Å². The monoisotopic (exact) mass is 459 g/mol. The molecule has 8 heteroatoms. The SMILES string of the molecule is CCN1C(=O)c2ccccc2Sc2cc(-c3noc(COc4ccc(OC)cc4)n3)ccc21. The highest BCUT2D eigenvalue weighted by atomic mass is 32.2. The van der Waals surface area contributed by atoms with E-state index < -0.39 is 0 Å². The minimum Gasteiger partial charge on any atom is -0.497 e. The summed E-state index contributed by atoms with van der Waals surface area (Å²) in [4.78, 5) is 21.2. The Morgan fingerprint density at radius 3 is 2.58 bits per heavy atom. The number of fused-ring (bicyclic) bond motifs is 2. The summed E-state index contributed by atoms with van der Waals surface area (Å²) < 4.78 is 16.3. The van der Waals surface area contributed by atoms with Gasteiger partial charge in [0.15, 0.2) is 6.61 Å². The van der Waals surface area contributed by atoms with Crippen molar-refractivity contribution in [3.05, 3.63) is 78.2 Å². The maximum Gasteiger partial charge on any atom is 0.264 e. The first-order chi connectivity index (χ1) is 16.2. The van der Waals surface area contributed by atoms with Crippen LogP contribution in [0.15, 0.2) is 81.0 Å². The van der Waals surface area contributed by atoms with Gasteiger partial charge in [-0.3, -0.25) is 4.79 Å². The molecule has 5 rings (SSSR count). The zero-order chi connectivity index (χ0) is 22.8. The van der Waals surface area contributed by atoms with Crippen molar-refractivity contribution in [2.24, 2.45) is 0 Å². The summed E-state index contributed by atoms with van der Waals surface area (Å²) in [6.45, 7) is 2.71. The third-order valence-electron chi connectivity index (χ3n) is 5.30. The van der Waals surface area contributed by atoms with Crippen LogP contribution in [0.5, 0.6) is 11.5 Å². The van der Waals surface area contributed by atoms with Crippen molar-refractivity contribution in [2.75, 3.05) is 18.6 Å². The summed E-state index contributed by atoms with van der Waals surface area (Å²) in [5, 5.41) is 4.12. The van der Waals surface area contributed by atoms with E-state index in [-0.39, 0.29) is 12.5 Å². The van der Waals surface area contributed by atoms with Crippen molar-refractivity contribution >= 4 is 23.4 Å². The van der Waals surface area contributed by atoms with Crippen molar-refractivity contribution in [1.29, 1.82) is 0 Å². The number of hydrogen-bond donors (Lipinski definition) is 0. The molecule has 0 N–H and O–H groups in total. The van der Waals surface area contributed by atoms with Crippen molar-refractivity contribution in [2.45, 2.75) is 23.3 Å². The molecule has 0 saturated heterocycles. The Labute approximate surface area is 195 Å². The number of carbonyl (C=O) groups excluding carboxylic acids is 1. The number of ether oxygens (including phenoxy) is 2. The Bertz CT molecular complexity index is 1300. The van der Waals surface area contributed by atoms with Gasteiger partial charge in [0.2, 0.25) is 5.82 Å². The van der Waals surface area contributed by atoms with Gasteiger partial charge in [-0.25, -0.2) is 0 Å². The highest BCUT2D eigenvalue weighted by Crippen LogP contribution is 2.42. The molecule has 3 aromatic carbocycles. The largest absolute Gasteiger partial charge is 0.497 e. The molecule has 166 valence electrons. The average molecular weight is 460 g/mol. The van der Waals surface area contributed by atoms with E-state index in [9.17, 15) is 4.79 Å². The second kappa shape index (κ2) is 8.99. The maximum atomic E-state index is 13.1. The fourth-order valence-electron chi connectivity index (χ4n) is 3.63. The number of anilines is 1. The standard InChI is InChI=1S/C25H21N3O4S/c1-3-28-20-13-8-16(14-22(20)33-21-7-5-4-6-19(21)25(28)29)24-26-23(32-27-24)15-31-18-11-9-17(30-2)10-12-18/h4-14H,3,15H2,1-2H3. The lowest BCUT2D eigenvalue weighted by molar-refractivity contribution is 0.0985. The Morgan fingerprint density at radius 2 is 1.79 bits per heavy atom. The summed E-state index contributed by atoms with van der Waals surface area (Å²) in [6, 6.07) is 20.8. The van der Waals surface area contributed by atoms with Gasteiger partial charge in [0.25, 0.3) is 11.8 Å². The molecule has 1 aromatic heterocycles. The van der Waals surface area contributed by atoms with E-state index in [1.54, 1.807) is 23.8 Å². The Morgan fingerprint density at radius 1 is 1.00 bits per heavy atom. The third-order valence-corrected chi connectivity index (χ3v) is 6.42. The van der Waals surface area contributed by atoms with E-state index in [2.05, 4.69) is 10.1 Å². The van der Waals surface area contributed by atoms with Crippen molar-refractivity contribution < 1.29 is 18.8 Å². The molecule has 0 spiro atoms. The highest BCUT2D eigenvalue weighted by molar-refractivity contribution is 7.99. The zero-order valence-corrected chi connectivity index (χ0v) is 19.0. The average Bonchev–Trinajstić information content (AvgIpc) is 3.29. The molecule has 2 heterocycles. The minimum atomic E-state index is 0.00429. The molecule has 0 unspecified atom stereocenters. The lowest BCUT2D eigenvalue weighted by atomic mass is 10.1. The van der Waals surface area contributed by atoms with Crippen LogP contribution < -0.4 is 14.4 Å². The Balaban J connectivity index is 1.39. The van der Waals surface area contributed by atoms with Crippen LogP contribution in [0.1, 0.15) is 23.2 Å². The van der Waals surface area contributed by atoms with Gasteiger partial charge >= 0.3 is 0 Å². The summed E-state index contributed by atoms with van der Waals surface area (Å²) in [5.41, 5.74) is 2.39. The highest BCUT2D eigenvalue weighted by Gasteiger charge is 2.26. The minimum absolute atomic E-state index is 0.00429. The molecule has 0 atom stereocenters. The molecule has 1 amide bonds. The molecule has 0 radical (unpaired) electrons. The lowest BCUT2D eigenvalue weighted by Gasteiger charge is -2.21.